The maximum atomic E-state index is 13.4. The molecule has 1 aromatic carbocycles. The summed E-state index contributed by atoms with van der Waals surface area (Å²) < 4.78 is 38.8. The summed E-state index contributed by atoms with van der Waals surface area (Å²) in [6.07, 6.45) is 5.57. The molecule has 0 spiro atoms. The number of nitrogens with zero attached hydrogens (tertiary/aromatic N) is 3. The molecule has 13 nitrogen and oxygen atoms in total. The van der Waals surface area contributed by atoms with Crippen LogP contribution in [0, 0.1) is 24.2 Å². The molecule has 14 heteroatoms. The molecule has 2 rings (SSSR count). The van der Waals surface area contributed by atoms with Crippen LogP contribution in [-0.4, -0.2) is 60.6 Å². The Morgan fingerprint density at radius 1 is 1.09 bits per heavy atom. The van der Waals surface area contributed by atoms with Crippen molar-refractivity contribution < 1.29 is 32.6 Å². The van der Waals surface area contributed by atoms with Gasteiger partial charge in [0.2, 0.25) is 15.9 Å². The second kappa shape index (κ2) is 17.6. The molecule has 2 aromatic rings. The first kappa shape index (κ1) is 36.6. The van der Waals surface area contributed by atoms with Crippen molar-refractivity contribution in [1.29, 1.82) is 5.26 Å². The van der Waals surface area contributed by atoms with E-state index in [1.807, 2.05) is 13.0 Å². The van der Waals surface area contributed by atoms with Crippen LogP contribution < -0.4 is 16.4 Å². The van der Waals surface area contributed by atoms with Crippen LogP contribution in [0.15, 0.2) is 59.3 Å². The highest BCUT2D eigenvalue weighted by atomic mass is 32.2. The summed E-state index contributed by atoms with van der Waals surface area (Å²) in [5, 5.41) is 20.4. The molecular formula is C31H41N5O8S. The average molecular weight is 644 g/mol. The van der Waals surface area contributed by atoms with E-state index in [-0.39, 0.29) is 66.4 Å². The molecule has 0 saturated carbocycles. The van der Waals surface area contributed by atoms with Crippen LogP contribution in [0.2, 0.25) is 0 Å². The van der Waals surface area contributed by atoms with E-state index in [9.17, 15) is 33.2 Å². The summed E-state index contributed by atoms with van der Waals surface area (Å²) in [4.78, 5) is 36.2. The predicted molar refractivity (Wildman–Crippen MR) is 170 cm³/mol. The van der Waals surface area contributed by atoms with Crippen LogP contribution in [0.25, 0.3) is 0 Å². The Labute approximate surface area is 263 Å². The Bertz CT molecular complexity index is 1540. The van der Waals surface area contributed by atoms with E-state index in [0.29, 0.717) is 5.69 Å². The van der Waals surface area contributed by atoms with Gasteiger partial charge in [-0.25, -0.2) is 18.0 Å². The summed E-state index contributed by atoms with van der Waals surface area (Å²) in [6, 6.07) is 7.57. The number of hydrogen-bond donors (Lipinski definition) is 3. The van der Waals surface area contributed by atoms with Crippen molar-refractivity contribution in [2.45, 2.75) is 57.9 Å². The van der Waals surface area contributed by atoms with Gasteiger partial charge in [0.15, 0.2) is 0 Å². The standard InChI is InChI=1S/C31H41N5O8S/c1-6-10-11-23(7-2)21-36-30(39)26(20-32)22(5)29(31(36)40)34-33-24-12-14-25(15-13-24)45(41,42)35(16-18-43-27(37)8-3)17-19-44-28(38)9-4/h8-9,12-15,23,33-34,39H,3-4,6-7,10-11,16-19,21H2,1-2,5H3. The largest absolute Gasteiger partial charge is 0.493 e. The van der Waals surface area contributed by atoms with Crippen molar-refractivity contribution in [2.24, 2.45) is 5.92 Å². The lowest BCUT2D eigenvalue weighted by atomic mass is 9.99. The number of aromatic hydroxyl groups is 1. The number of nitriles is 1. The van der Waals surface area contributed by atoms with Crippen LogP contribution in [0.4, 0.5) is 11.4 Å². The molecule has 0 aliphatic carbocycles. The molecule has 244 valence electrons. The molecule has 1 aromatic heterocycles. The number of ether oxygens (including phenoxy) is 2. The van der Waals surface area contributed by atoms with Gasteiger partial charge >= 0.3 is 11.9 Å². The zero-order valence-corrected chi connectivity index (χ0v) is 26.7. The number of hydrazine groups is 1. The van der Waals surface area contributed by atoms with Gasteiger partial charge in [-0.2, -0.15) is 9.57 Å². The van der Waals surface area contributed by atoms with Crippen molar-refractivity contribution in [1.82, 2.24) is 8.87 Å². The van der Waals surface area contributed by atoms with Crippen LogP contribution in [0.5, 0.6) is 5.88 Å². The van der Waals surface area contributed by atoms with E-state index in [4.69, 9.17) is 9.47 Å². The molecule has 1 atom stereocenters. The monoisotopic (exact) mass is 643 g/mol. The number of esters is 2. The summed E-state index contributed by atoms with van der Waals surface area (Å²) in [5.41, 5.74) is 5.88. The second-order valence-electron chi connectivity index (χ2n) is 10.1. The number of carbonyl (C=O) groups is 2. The van der Waals surface area contributed by atoms with Gasteiger partial charge in [-0.3, -0.25) is 14.8 Å². The van der Waals surface area contributed by atoms with E-state index in [1.165, 1.54) is 28.8 Å². The Balaban J connectivity index is 2.29. The Morgan fingerprint density at radius 3 is 2.16 bits per heavy atom. The lowest BCUT2D eigenvalue weighted by molar-refractivity contribution is -0.137. The lowest BCUT2D eigenvalue weighted by Gasteiger charge is -2.22. The Kier molecular flexibility index (Phi) is 14.3. The molecule has 0 aliphatic rings. The van der Waals surface area contributed by atoms with Gasteiger partial charge in [0.25, 0.3) is 5.56 Å². The van der Waals surface area contributed by atoms with E-state index in [2.05, 4.69) is 30.9 Å². The molecule has 0 saturated heterocycles. The van der Waals surface area contributed by atoms with Crippen molar-refractivity contribution in [3.05, 3.63) is 71.1 Å². The molecule has 1 heterocycles. The normalized spacial score (nSPS) is 11.7. The molecule has 0 bridgehead atoms. The van der Waals surface area contributed by atoms with Crippen molar-refractivity contribution in [3.63, 3.8) is 0 Å². The number of aromatic nitrogens is 1. The first-order chi connectivity index (χ1) is 21.4. The van der Waals surface area contributed by atoms with Crippen molar-refractivity contribution >= 4 is 33.3 Å². The van der Waals surface area contributed by atoms with E-state index in [1.54, 1.807) is 6.92 Å². The third-order valence-corrected chi connectivity index (χ3v) is 9.02. The zero-order chi connectivity index (χ0) is 33.6. The van der Waals surface area contributed by atoms with Gasteiger partial charge in [0.1, 0.15) is 30.5 Å². The number of anilines is 2. The zero-order valence-electron chi connectivity index (χ0n) is 25.9. The van der Waals surface area contributed by atoms with Gasteiger partial charge in [-0.1, -0.05) is 46.3 Å². The molecule has 3 N–H and O–H groups in total. The number of carbonyl (C=O) groups excluding carboxylic acids is 2. The van der Waals surface area contributed by atoms with Crippen LogP contribution in [0.3, 0.4) is 0 Å². The SMILES string of the molecule is C=CC(=O)OCCN(CCOC(=O)C=C)S(=O)(=O)c1ccc(NNc2c(C)c(C#N)c(O)n(CC(CC)CCCC)c2=O)cc1. The van der Waals surface area contributed by atoms with Crippen molar-refractivity contribution in [2.75, 3.05) is 37.2 Å². The van der Waals surface area contributed by atoms with E-state index >= 15 is 0 Å². The number of unbranched alkanes of at least 4 members (excludes halogenated alkanes) is 1. The topological polar surface area (TPSA) is 180 Å². The summed E-state index contributed by atoms with van der Waals surface area (Å²) in [7, 11) is -4.11. The van der Waals surface area contributed by atoms with Gasteiger partial charge in [-0.05, 0) is 43.5 Å². The number of nitrogens with one attached hydrogen (secondary N) is 2. The highest BCUT2D eigenvalue weighted by molar-refractivity contribution is 7.89. The highest BCUT2D eigenvalue weighted by Crippen LogP contribution is 2.26. The van der Waals surface area contributed by atoms with Gasteiger partial charge in [0.05, 0.1) is 10.6 Å². The number of hydrogen-bond acceptors (Lipinski definition) is 11. The van der Waals surface area contributed by atoms with Crippen molar-refractivity contribution in [3.8, 4) is 11.9 Å². The number of rotatable bonds is 19. The number of sulfonamides is 1. The average Bonchev–Trinajstić information content (AvgIpc) is 3.03. The Morgan fingerprint density at radius 2 is 1.67 bits per heavy atom. The fraction of sp³-hybridized carbons (Fsp3) is 0.419. The van der Waals surface area contributed by atoms with Crippen LogP contribution in [-0.2, 0) is 35.6 Å². The third kappa shape index (κ3) is 9.95. The van der Waals surface area contributed by atoms with E-state index < -0.39 is 27.5 Å². The van der Waals surface area contributed by atoms with Gasteiger partial charge in [0, 0.05) is 37.3 Å². The lowest BCUT2D eigenvalue weighted by Crippen LogP contribution is -2.37. The van der Waals surface area contributed by atoms with Crippen LogP contribution >= 0.6 is 0 Å². The molecule has 0 radical (unpaired) electrons. The summed E-state index contributed by atoms with van der Waals surface area (Å²) >= 11 is 0. The molecule has 0 amide bonds. The minimum atomic E-state index is -4.11. The summed E-state index contributed by atoms with van der Waals surface area (Å²) in [6.45, 7) is 11.6. The first-order valence-corrected chi connectivity index (χ1v) is 16.0. The Hall–Kier alpha value is -4.61. The third-order valence-electron chi connectivity index (χ3n) is 7.11. The predicted octanol–water partition coefficient (Wildman–Crippen LogP) is 3.84. The minimum absolute atomic E-state index is 0.0247. The molecule has 45 heavy (non-hydrogen) atoms. The maximum Gasteiger partial charge on any atom is 0.330 e. The minimum Gasteiger partial charge on any atom is -0.493 e. The molecule has 0 fully saturated rings. The van der Waals surface area contributed by atoms with Crippen LogP contribution in [0.1, 0.15) is 50.7 Å². The molecule has 1 unspecified atom stereocenters. The summed E-state index contributed by atoms with van der Waals surface area (Å²) in [5.74, 6) is -1.67. The van der Waals surface area contributed by atoms with Gasteiger partial charge in [-0.15, -0.1) is 0 Å². The van der Waals surface area contributed by atoms with Gasteiger partial charge < -0.3 is 20.0 Å². The fourth-order valence-corrected chi connectivity index (χ4v) is 5.81. The quantitative estimate of drug-likeness (QED) is 0.115. The second-order valence-corrected chi connectivity index (χ2v) is 12.0. The first-order valence-electron chi connectivity index (χ1n) is 14.5. The highest BCUT2D eigenvalue weighted by Gasteiger charge is 2.25. The molecular weight excluding hydrogens is 602 g/mol. The fourth-order valence-electron chi connectivity index (χ4n) is 4.41. The number of pyridine rings is 1. The maximum absolute atomic E-state index is 13.4. The van der Waals surface area contributed by atoms with E-state index in [0.717, 1.165) is 42.1 Å². The number of benzene rings is 1. The smallest absolute Gasteiger partial charge is 0.330 e. The molecule has 0 aliphatic heterocycles.